The van der Waals surface area contributed by atoms with Crippen LogP contribution < -0.4 is 9.47 Å². The van der Waals surface area contributed by atoms with Crippen molar-refractivity contribution in [2.24, 2.45) is 0 Å². The third kappa shape index (κ3) is 3.94. The van der Waals surface area contributed by atoms with E-state index in [1.165, 1.54) is 12.5 Å². The van der Waals surface area contributed by atoms with Crippen LogP contribution in [0.2, 0.25) is 5.02 Å². The number of fused-ring (bicyclic) bond motifs is 1. The average Bonchev–Trinajstić information content (AvgIpc) is 3.12. The second kappa shape index (κ2) is 8.14. The number of furan rings is 1. The summed E-state index contributed by atoms with van der Waals surface area (Å²) in [5.74, 6) is 1.14. The van der Waals surface area contributed by atoms with E-state index in [0.717, 1.165) is 6.42 Å². The van der Waals surface area contributed by atoms with Crippen LogP contribution in [0.4, 0.5) is 0 Å². The summed E-state index contributed by atoms with van der Waals surface area (Å²) in [7, 11) is 0. The first kappa shape index (κ1) is 18.7. The Labute approximate surface area is 167 Å². The lowest BCUT2D eigenvalue weighted by Gasteiger charge is -2.23. The van der Waals surface area contributed by atoms with Crippen molar-refractivity contribution in [1.29, 1.82) is 0 Å². The standard InChI is InChI=1S/C20H21ClN2O5/c21-16-12-18-17(27-8-9-28-18)10-15(16)11-19(24)22-3-1-4-23(6-5-22)20(25)14-2-7-26-13-14/h2,7,10,12-13H,1,3-6,8-9,11H2. The molecule has 7 nitrogen and oxygen atoms in total. The second-order valence-electron chi connectivity index (χ2n) is 6.80. The molecule has 2 aromatic rings. The van der Waals surface area contributed by atoms with Gasteiger partial charge in [0.05, 0.1) is 18.2 Å². The molecule has 0 N–H and O–H groups in total. The summed E-state index contributed by atoms with van der Waals surface area (Å²) >= 11 is 6.33. The van der Waals surface area contributed by atoms with Crippen LogP contribution in [0.15, 0.2) is 35.1 Å². The molecular formula is C20H21ClN2O5. The molecule has 8 heteroatoms. The summed E-state index contributed by atoms with van der Waals surface area (Å²) in [6.45, 7) is 3.17. The van der Waals surface area contributed by atoms with E-state index in [9.17, 15) is 9.59 Å². The van der Waals surface area contributed by atoms with Gasteiger partial charge in [-0.25, -0.2) is 0 Å². The van der Waals surface area contributed by atoms with Gasteiger partial charge in [0, 0.05) is 37.3 Å². The Morgan fingerprint density at radius 3 is 2.46 bits per heavy atom. The van der Waals surface area contributed by atoms with Gasteiger partial charge in [-0.3, -0.25) is 9.59 Å². The quantitative estimate of drug-likeness (QED) is 0.786. The van der Waals surface area contributed by atoms with E-state index < -0.39 is 0 Å². The first-order valence-electron chi connectivity index (χ1n) is 9.29. The van der Waals surface area contributed by atoms with Crippen LogP contribution in [0, 0.1) is 0 Å². The van der Waals surface area contributed by atoms with Crippen LogP contribution in [0.3, 0.4) is 0 Å². The third-order valence-corrected chi connectivity index (χ3v) is 5.31. The summed E-state index contributed by atoms with van der Waals surface area (Å²) in [6.07, 6.45) is 3.84. The lowest BCUT2D eigenvalue weighted by atomic mass is 10.1. The highest BCUT2D eigenvalue weighted by molar-refractivity contribution is 6.31. The molecule has 148 valence electrons. The number of carbonyl (C=O) groups is 2. The highest BCUT2D eigenvalue weighted by atomic mass is 35.5. The van der Waals surface area contributed by atoms with Crippen molar-refractivity contribution in [3.63, 3.8) is 0 Å². The topological polar surface area (TPSA) is 72.2 Å². The largest absolute Gasteiger partial charge is 0.486 e. The Hall–Kier alpha value is -2.67. The van der Waals surface area contributed by atoms with Gasteiger partial charge in [0.2, 0.25) is 5.91 Å². The SMILES string of the molecule is O=C(Cc1cc2c(cc1Cl)OCCO2)N1CCCN(C(=O)c2ccoc2)CC1. The van der Waals surface area contributed by atoms with Crippen LogP contribution >= 0.6 is 11.6 Å². The predicted octanol–water partition coefficient (Wildman–Crippen LogP) is 2.62. The van der Waals surface area contributed by atoms with Crippen LogP contribution in [-0.2, 0) is 11.2 Å². The number of hydrogen-bond acceptors (Lipinski definition) is 5. The Morgan fingerprint density at radius 2 is 1.71 bits per heavy atom. The van der Waals surface area contributed by atoms with Crippen LogP contribution in [0.25, 0.3) is 0 Å². The molecular weight excluding hydrogens is 384 g/mol. The molecule has 4 rings (SSSR count). The van der Waals surface area contributed by atoms with Crippen molar-refractivity contribution in [1.82, 2.24) is 9.80 Å². The Bertz CT molecular complexity index is 868. The maximum Gasteiger partial charge on any atom is 0.257 e. The minimum Gasteiger partial charge on any atom is -0.486 e. The zero-order valence-electron chi connectivity index (χ0n) is 15.4. The van der Waals surface area contributed by atoms with Crippen molar-refractivity contribution in [2.75, 3.05) is 39.4 Å². The summed E-state index contributed by atoms with van der Waals surface area (Å²) < 4.78 is 16.1. The van der Waals surface area contributed by atoms with Crippen LogP contribution in [-0.4, -0.2) is 61.0 Å². The normalized spacial score (nSPS) is 16.6. The minimum atomic E-state index is -0.0714. The lowest BCUT2D eigenvalue weighted by Crippen LogP contribution is -2.37. The molecule has 0 bridgehead atoms. The van der Waals surface area contributed by atoms with Gasteiger partial charge in [0.1, 0.15) is 19.5 Å². The van der Waals surface area contributed by atoms with Gasteiger partial charge in [-0.2, -0.15) is 0 Å². The third-order valence-electron chi connectivity index (χ3n) is 4.96. The molecule has 1 aromatic heterocycles. The molecule has 2 amide bonds. The Balaban J connectivity index is 1.40. The molecule has 1 fully saturated rings. The minimum absolute atomic E-state index is 0.0174. The van der Waals surface area contributed by atoms with Crippen molar-refractivity contribution < 1.29 is 23.5 Å². The van der Waals surface area contributed by atoms with E-state index >= 15 is 0 Å². The van der Waals surface area contributed by atoms with Crippen molar-refractivity contribution in [2.45, 2.75) is 12.8 Å². The zero-order valence-corrected chi connectivity index (χ0v) is 16.1. The number of benzene rings is 1. The number of hydrogen-bond donors (Lipinski definition) is 0. The molecule has 1 saturated heterocycles. The molecule has 0 radical (unpaired) electrons. The maximum absolute atomic E-state index is 12.8. The number of amides is 2. The molecule has 0 unspecified atom stereocenters. The number of halogens is 1. The zero-order chi connectivity index (χ0) is 19.5. The monoisotopic (exact) mass is 404 g/mol. The molecule has 0 spiro atoms. The average molecular weight is 405 g/mol. The predicted molar refractivity (Wildman–Crippen MR) is 102 cm³/mol. The molecule has 3 heterocycles. The highest BCUT2D eigenvalue weighted by Gasteiger charge is 2.24. The first-order valence-corrected chi connectivity index (χ1v) is 9.67. The number of carbonyl (C=O) groups excluding carboxylic acids is 2. The fourth-order valence-corrected chi connectivity index (χ4v) is 3.68. The van der Waals surface area contributed by atoms with E-state index in [1.54, 1.807) is 28.0 Å². The van der Waals surface area contributed by atoms with E-state index in [1.807, 2.05) is 0 Å². The summed E-state index contributed by atoms with van der Waals surface area (Å²) in [5, 5.41) is 0.490. The number of nitrogens with zero attached hydrogens (tertiary/aromatic N) is 2. The van der Waals surface area contributed by atoms with Crippen molar-refractivity contribution in [3.8, 4) is 11.5 Å². The van der Waals surface area contributed by atoms with Crippen LogP contribution in [0.1, 0.15) is 22.3 Å². The second-order valence-corrected chi connectivity index (χ2v) is 7.21. The van der Waals surface area contributed by atoms with Crippen LogP contribution in [0.5, 0.6) is 11.5 Å². The summed E-state index contributed by atoms with van der Waals surface area (Å²) in [6, 6.07) is 5.13. The van der Waals surface area contributed by atoms with E-state index in [4.69, 9.17) is 25.5 Å². The molecule has 1 aromatic carbocycles. The molecule has 2 aliphatic rings. The maximum atomic E-state index is 12.8. The van der Waals surface area contributed by atoms with E-state index in [0.29, 0.717) is 67.0 Å². The molecule has 2 aliphatic heterocycles. The molecule has 0 atom stereocenters. The molecule has 0 aliphatic carbocycles. The van der Waals surface area contributed by atoms with E-state index in [2.05, 4.69) is 0 Å². The number of rotatable bonds is 3. The molecule has 0 saturated carbocycles. The smallest absolute Gasteiger partial charge is 0.257 e. The van der Waals surface area contributed by atoms with Crippen molar-refractivity contribution >= 4 is 23.4 Å². The van der Waals surface area contributed by atoms with Gasteiger partial charge in [-0.05, 0) is 24.1 Å². The van der Waals surface area contributed by atoms with Gasteiger partial charge in [-0.1, -0.05) is 11.6 Å². The van der Waals surface area contributed by atoms with Gasteiger partial charge in [0.25, 0.3) is 5.91 Å². The van der Waals surface area contributed by atoms with Gasteiger partial charge >= 0.3 is 0 Å². The number of ether oxygens (including phenoxy) is 2. The summed E-state index contributed by atoms with van der Waals surface area (Å²) in [4.78, 5) is 28.9. The van der Waals surface area contributed by atoms with E-state index in [-0.39, 0.29) is 18.2 Å². The molecule has 28 heavy (non-hydrogen) atoms. The van der Waals surface area contributed by atoms with Gasteiger partial charge < -0.3 is 23.7 Å². The van der Waals surface area contributed by atoms with Crippen molar-refractivity contribution in [3.05, 3.63) is 46.9 Å². The fourth-order valence-electron chi connectivity index (χ4n) is 3.45. The Morgan fingerprint density at radius 1 is 1.00 bits per heavy atom. The highest BCUT2D eigenvalue weighted by Crippen LogP contribution is 2.35. The van der Waals surface area contributed by atoms with Gasteiger partial charge in [0.15, 0.2) is 11.5 Å². The Kier molecular flexibility index (Phi) is 5.43. The van der Waals surface area contributed by atoms with Gasteiger partial charge in [-0.15, -0.1) is 0 Å². The first-order chi connectivity index (χ1) is 13.6. The lowest BCUT2D eigenvalue weighted by molar-refractivity contribution is -0.130. The summed E-state index contributed by atoms with van der Waals surface area (Å²) in [5.41, 5.74) is 1.24. The fraction of sp³-hybridized carbons (Fsp3) is 0.400.